The molecule has 0 aliphatic rings. The standard InChI is InChI=1S/C16H17N3O5/c1-4-24-15(22)13(10(2)20)11-6-7-12(14(21)23-3)19(11)16-17-8-5-9-18-16/h5-9,13H,4H2,1-3H3. The first-order valence-corrected chi connectivity index (χ1v) is 7.25. The van der Waals surface area contributed by atoms with Crippen LogP contribution in [0, 0.1) is 0 Å². The Morgan fingerprint density at radius 3 is 2.42 bits per heavy atom. The highest BCUT2D eigenvalue weighted by atomic mass is 16.5. The molecule has 1 atom stereocenters. The molecule has 2 rings (SSSR count). The average molecular weight is 331 g/mol. The van der Waals surface area contributed by atoms with Crippen molar-refractivity contribution in [2.45, 2.75) is 19.8 Å². The lowest BCUT2D eigenvalue weighted by molar-refractivity contribution is -0.147. The van der Waals surface area contributed by atoms with Gasteiger partial charge in [0.2, 0.25) is 5.95 Å². The number of rotatable bonds is 6. The molecule has 0 aliphatic heterocycles. The monoisotopic (exact) mass is 331 g/mol. The van der Waals surface area contributed by atoms with Gasteiger partial charge in [0.15, 0.2) is 5.92 Å². The van der Waals surface area contributed by atoms with Gasteiger partial charge in [-0.15, -0.1) is 0 Å². The fraction of sp³-hybridized carbons (Fsp3) is 0.312. The predicted octanol–water partition coefficient (Wildman–Crippen LogP) is 1.29. The fourth-order valence-corrected chi connectivity index (χ4v) is 2.29. The van der Waals surface area contributed by atoms with Gasteiger partial charge >= 0.3 is 11.9 Å². The quantitative estimate of drug-likeness (QED) is 0.580. The van der Waals surface area contributed by atoms with E-state index in [2.05, 4.69) is 9.97 Å². The number of nitrogens with zero attached hydrogens (tertiary/aromatic N) is 3. The van der Waals surface area contributed by atoms with Gasteiger partial charge in [-0.3, -0.25) is 14.2 Å². The van der Waals surface area contributed by atoms with Gasteiger partial charge in [0.1, 0.15) is 11.5 Å². The van der Waals surface area contributed by atoms with Gasteiger partial charge in [0.25, 0.3) is 0 Å². The van der Waals surface area contributed by atoms with E-state index in [1.54, 1.807) is 13.0 Å². The number of aromatic nitrogens is 3. The van der Waals surface area contributed by atoms with E-state index in [1.165, 1.54) is 43.1 Å². The van der Waals surface area contributed by atoms with Gasteiger partial charge in [0, 0.05) is 18.1 Å². The van der Waals surface area contributed by atoms with Crippen LogP contribution in [0.15, 0.2) is 30.6 Å². The lowest BCUT2D eigenvalue weighted by atomic mass is 10.0. The predicted molar refractivity (Wildman–Crippen MR) is 82.8 cm³/mol. The summed E-state index contributed by atoms with van der Waals surface area (Å²) in [6, 6.07) is 4.55. The molecule has 0 aliphatic carbocycles. The molecule has 24 heavy (non-hydrogen) atoms. The summed E-state index contributed by atoms with van der Waals surface area (Å²) in [6.07, 6.45) is 2.97. The minimum absolute atomic E-state index is 0.106. The molecular formula is C16H17N3O5. The summed E-state index contributed by atoms with van der Waals surface area (Å²) in [6.45, 7) is 3.06. The van der Waals surface area contributed by atoms with Gasteiger partial charge in [-0.1, -0.05) is 0 Å². The van der Waals surface area contributed by atoms with Crippen LogP contribution in [0.1, 0.15) is 35.9 Å². The Labute approximate surface area is 138 Å². The number of Topliss-reactive ketones (excluding diaryl/α,β-unsaturated/α-hetero) is 1. The molecule has 0 radical (unpaired) electrons. The van der Waals surface area contributed by atoms with Crippen LogP contribution in [0.3, 0.4) is 0 Å². The zero-order valence-corrected chi connectivity index (χ0v) is 13.6. The van der Waals surface area contributed by atoms with E-state index in [-0.39, 0.29) is 23.9 Å². The van der Waals surface area contributed by atoms with Gasteiger partial charge in [-0.25, -0.2) is 14.8 Å². The zero-order chi connectivity index (χ0) is 17.7. The molecule has 8 nitrogen and oxygen atoms in total. The number of ketones is 1. The number of ether oxygens (including phenoxy) is 2. The third kappa shape index (κ3) is 3.32. The highest BCUT2D eigenvalue weighted by molar-refractivity contribution is 6.03. The maximum Gasteiger partial charge on any atom is 0.355 e. The second-order valence-electron chi connectivity index (χ2n) is 4.81. The lowest BCUT2D eigenvalue weighted by Gasteiger charge is -2.16. The van der Waals surface area contributed by atoms with Crippen LogP contribution in [0.25, 0.3) is 5.95 Å². The van der Waals surface area contributed by atoms with Gasteiger partial charge < -0.3 is 9.47 Å². The van der Waals surface area contributed by atoms with Crippen molar-refractivity contribution >= 4 is 17.7 Å². The minimum Gasteiger partial charge on any atom is -0.465 e. The van der Waals surface area contributed by atoms with Crippen LogP contribution in [0.4, 0.5) is 0 Å². The Hall–Kier alpha value is -3.03. The van der Waals surface area contributed by atoms with Gasteiger partial charge in [-0.05, 0) is 32.0 Å². The first-order chi connectivity index (χ1) is 11.5. The fourth-order valence-electron chi connectivity index (χ4n) is 2.29. The largest absolute Gasteiger partial charge is 0.465 e. The van der Waals surface area contributed by atoms with Crippen LogP contribution < -0.4 is 0 Å². The summed E-state index contributed by atoms with van der Waals surface area (Å²) in [7, 11) is 1.24. The van der Waals surface area contributed by atoms with Crippen molar-refractivity contribution in [3.63, 3.8) is 0 Å². The molecular weight excluding hydrogens is 314 g/mol. The molecule has 0 spiro atoms. The Balaban J connectivity index is 2.65. The van der Waals surface area contributed by atoms with Gasteiger partial charge in [0.05, 0.1) is 13.7 Å². The van der Waals surface area contributed by atoms with E-state index < -0.39 is 23.6 Å². The molecule has 8 heteroatoms. The van der Waals surface area contributed by atoms with Crippen molar-refractivity contribution in [3.05, 3.63) is 42.0 Å². The van der Waals surface area contributed by atoms with Crippen molar-refractivity contribution in [3.8, 4) is 5.95 Å². The SMILES string of the molecule is CCOC(=O)C(C(C)=O)c1ccc(C(=O)OC)n1-c1ncccn1. The zero-order valence-electron chi connectivity index (χ0n) is 13.6. The van der Waals surface area contributed by atoms with Crippen LogP contribution in [0.2, 0.25) is 0 Å². The number of carbonyl (C=O) groups is 3. The molecule has 0 saturated carbocycles. The smallest absolute Gasteiger partial charge is 0.355 e. The van der Waals surface area contributed by atoms with E-state index in [9.17, 15) is 14.4 Å². The summed E-state index contributed by atoms with van der Waals surface area (Å²) in [5, 5.41) is 0. The summed E-state index contributed by atoms with van der Waals surface area (Å²) in [5.74, 6) is -2.79. The van der Waals surface area contributed by atoms with Crippen LogP contribution >= 0.6 is 0 Å². The highest BCUT2D eigenvalue weighted by Crippen LogP contribution is 2.25. The molecule has 0 bridgehead atoms. The molecule has 0 N–H and O–H groups in total. The van der Waals surface area contributed by atoms with Crippen LogP contribution in [-0.2, 0) is 19.1 Å². The Morgan fingerprint density at radius 1 is 1.21 bits per heavy atom. The van der Waals surface area contributed by atoms with E-state index in [4.69, 9.17) is 9.47 Å². The Bertz CT molecular complexity index is 754. The third-order valence-electron chi connectivity index (χ3n) is 3.28. The maximum absolute atomic E-state index is 12.2. The Morgan fingerprint density at radius 2 is 1.88 bits per heavy atom. The van der Waals surface area contributed by atoms with Crippen LogP contribution in [0.5, 0.6) is 0 Å². The first kappa shape index (κ1) is 17.3. The minimum atomic E-state index is -1.19. The summed E-state index contributed by atoms with van der Waals surface area (Å²) in [4.78, 5) is 44.4. The Kier molecular flexibility index (Phi) is 5.41. The number of hydrogen-bond acceptors (Lipinski definition) is 7. The number of hydrogen-bond donors (Lipinski definition) is 0. The topological polar surface area (TPSA) is 100 Å². The second kappa shape index (κ2) is 7.49. The molecule has 0 amide bonds. The number of carbonyl (C=O) groups excluding carboxylic acids is 3. The second-order valence-corrected chi connectivity index (χ2v) is 4.81. The summed E-state index contributed by atoms with van der Waals surface area (Å²) >= 11 is 0. The summed E-state index contributed by atoms with van der Waals surface area (Å²) < 4.78 is 11.0. The number of esters is 2. The van der Waals surface area contributed by atoms with Crippen molar-refractivity contribution in [2.75, 3.05) is 13.7 Å². The number of methoxy groups -OCH3 is 1. The van der Waals surface area contributed by atoms with Crippen molar-refractivity contribution in [2.24, 2.45) is 0 Å². The molecule has 2 aromatic heterocycles. The van der Waals surface area contributed by atoms with Gasteiger partial charge in [-0.2, -0.15) is 0 Å². The molecule has 1 unspecified atom stereocenters. The van der Waals surface area contributed by atoms with E-state index in [0.717, 1.165) is 0 Å². The molecule has 2 aromatic rings. The third-order valence-corrected chi connectivity index (χ3v) is 3.28. The molecule has 0 aromatic carbocycles. The van der Waals surface area contributed by atoms with E-state index in [0.29, 0.717) is 0 Å². The maximum atomic E-state index is 12.2. The average Bonchev–Trinajstić information content (AvgIpc) is 2.99. The molecule has 0 fully saturated rings. The summed E-state index contributed by atoms with van der Waals surface area (Å²) in [5.41, 5.74) is 0.349. The van der Waals surface area contributed by atoms with Crippen molar-refractivity contribution in [1.29, 1.82) is 0 Å². The van der Waals surface area contributed by atoms with Crippen LogP contribution in [-0.4, -0.2) is 46.0 Å². The first-order valence-electron chi connectivity index (χ1n) is 7.25. The molecule has 2 heterocycles. The lowest BCUT2D eigenvalue weighted by Crippen LogP contribution is -2.26. The van der Waals surface area contributed by atoms with E-state index >= 15 is 0 Å². The highest BCUT2D eigenvalue weighted by Gasteiger charge is 2.32. The van der Waals surface area contributed by atoms with E-state index in [1.807, 2.05) is 0 Å². The molecule has 126 valence electrons. The molecule has 0 saturated heterocycles. The van der Waals surface area contributed by atoms with Crippen molar-refractivity contribution < 1.29 is 23.9 Å². The van der Waals surface area contributed by atoms with Crippen molar-refractivity contribution in [1.82, 2.24) is 14.5 Å². The normalized spacial score (nSPS) is 11.6.